The van der Waals surface area contributed by atoms with E-state index in [4.69, 9.17) is 4.74 Å². The fraction of sp³-hybridized carbons (Fsp3) is 0.684. The van der Waals surface area contributed by atoms with Crippen molar-refractivity contribution < 1.29 is 4.74 Å². The van der Waals surface area contributed by atoms with E-state index in [1.54, 1.807) is 11.1 Å². The van der Waals surface area contributed by atoms with Crippen LogP contribution < -0.4 is 5.32 Å². The molecule has 0 aromatic heterocycles. The Bertz CT molecular complexity index is 471. The number of fused-ring (bicyclic) bond motifs is 1. The summed E-state index contributed by atoms with van der Waals surface area (Å²) >= 11 is 0. The van der Waals surface area contributed by atoms with Gasteiger partial charge < -0.3 is 10.1 Å². The number of ether oxygens (including phenoxy) is 1. The monoisotopic (exact) mass is 287 g/mol. The maximum atomic E-state index is 5.91. The average molecular weight is 287 g/mol. The van der Waals surface area contributed by atoms with Crippen LogP contribution in [0.25, 0.3) is 0 Å². The molecule has 1 aliphatic carbocycles. The quantitative estimate of drug-likeness (QED) is 0.864. The van der Waals surface area contributed by atoms with Crippen molar-refractivity contribution in [2.24, 2.45) is 5.92 Å². The van der Waals surface area contributed by atoms with Crippen LogP contribution in [-0.4, -0.2) is 25.3 Å². The third-order valence-electron chi connectivity index (χ3n) is 5.26. The molecular weight excluding hydrogens is 258 g/mol. The topological polar surface area (TPSA) is 21.3 Å². The van der Waals surface area contributed by atoms with Crippen molar-refractivity contribution in [3.05, 3.63) is 34.9 Å². The SMILES string of the molecule is CCNC(Cc1ccc2c(c1)CCC2)C1CCOC1CC. The van der Waals surface area contributed by atoms with Gasteiger partial charge in [-0.15, -0.1) is 0 Å². The molecule has 2 nitrogen and oxygen atoms in total. The summed E-state index contributed by atoms with van der Waals surface area (Å²) in [5.41, 5.74) is 4.68. The van der Waals surface area contributed by atoms with Crippen LogP contribution in [0.2, 0.25) is 0 Å². The molecule has 3 unspecified atom stereocenters. The summed E-state index contributed by atoms with van der Waals surface area (Å²) in [5.74, 6) is 0.670. The molecule has 2 heteroatoms. The van der Waals surface area contributed by atoms with E-state index in [1.807, 2.05) is 0 Å². The molecule has 1 N–H and O–H groups in total. The van der Waals surface area contributed by atoms with Crippen LogP contribution in [0.15, 0.2) is 18.2 Å². The lowest BCUT2D eigenvalue weighted by atomic mass is 9.86. The Hall–Kier alpha value is -0.860. The van der Waals surface area contributed by atoms with Crippen molar-refractivity contribution in [3.8, 4) is 0 Å². The van der Waals surface area contributed by atoms with Crippen molar-refractivity contribution in [1.29, 1.82) is 0 Å². The first-order chi connectivity index (χ1) is 10.3. The van der Waals surface area contributed by atoms with Crippen LogP contribution >= 0.6 is 0 Å². The summed E-state index contributed by atoms with van der Waals surface area (Å²) in [6.45, 7) is 6.45. The van der Waals surface area contributed by atoms with Gasteiger partial charge in [-0.05, 0) is 61.8 Å². The molecule has 0 spiro atoms. The lowest BCUT2D eigenvalue weighted by Crippen LogP contribution is -2.41. The van der Waals surface area contributed by atoms with Crippen molar-refractivity contribution in [3.63, 3.8) is 0 Å². The van der Waals surface area contributed by atoms with Crippen molar-refractivity contribution >= 4 is 0 Å². The number of hydrogen-bond acceptors (Lipinski definition) is 2. The van der Waals surface area contributed by atoms with Crippen LogP contribution in [0.3, 0.4) is 0 Å². The van der Waals surface area contributed by atoms with Crippen LogP contribution in [0, 0.1) is 5.92 Å². The van der Waals surface area contributed by atoms with Crippen LogP contribution in [0.5, 0.6) is 0 Å². The molecule has 0 bridgehead atoms. The third kappa shape index (κ3) is 3.32. The van der Waals surface area contributed by atoms with Gasteiger partial charge in [0, 0.05) is 18.6 Å². The Balaban J connectivity index is 1.72. The first kappa shape index (κ1) is 15.1. The van der Waals surface area contributed by atoms with Gasteiger partial charge in [-0.2, -0.15) is 0 Å². The molecule has 1 saturated heterocycles. The molecule has 1 aromatic rings. The highest BCUT2D eigenvalue weighted by Gasteiger charge is 2.33. The summed E-state index contributed by atoms with van der Waals surface area (Å²) < 4.78 is 5.91. The zero-order chi connectivity index (χ0) is 14.7. The molecule has 0 saturated carbocycles. The van der Waals surface area contributed by atoms with Gasteiger partial charge in [0.1, 0.15) is 0 Å². The van der Waals surface area contributed by atoms with Gasteiger partial charge in [-0.25, -0.2) is 0 Å². The van der Waals surface area contributed by atoms with E-state index in [9.17, 15) is 0 Å². The molecule has 116 valence electrons. The molecule has 2 aliphatic rings. The van der Waals surface area contributed by atoms with Crippen molar-refractivity contribution in [2.45, 2.75) is 64.5 Å². The minimum absolute atomic E-state index is 0.448. The number of rotatable bonds is 6. The summed E-state index contributed by atoms with van der Waals surface area (Å²) in [4.78, 5) is 0. The fourth-order valence-corrected chi connectivity index (χ4v) is 4.19. The first-order valence-electron chi connectivity index (χ1n) is 8.77. The normalized spacial score (nSPS) is 26.0. The predicted octanol–water partition coefficient (Wildman–Crippen LogP) is 3.51. The Kier molecular flexibility index (Phi) is 4.97. The highest BCUT2D eigenvalue weighted by molar-refractivity contribution is 5.35. The lowest BCUT2D eigenvalue weighted by Gasteiger charge is -2.28. The standard InChI is InChI=1S/C19H29NO/c1-3-19-17(10-11-21-19)18(20-4-2)13-14-8-9-15-6-5-7-16(15)12-14/h8-9,12,17-20H,3-7,10-11,13H2,1-2H3. The Morgan fingerprint density at radius 2 is 2.10 bits per heavy atom. The second kappa shape index (κ2) is 6.93. The van der Waals surface area contributed by atoms with E-state index in [0.717, 1.165) is 26.0 Å². The lowest BCUT2D eigenvalue weighted by molar-refractivity contribution is 0.0776. The maximum Gasteiger partial charge on any atom is 0.0616 e. The number of likely N-dealkylation sites (N-methyl/N-ethyl adjacent to an activating group) is 1. The minimum Gasteiger partial charge on any atom is -0.378 e. The van der Waals surface area contributed by atoms with E-state index in [0.29, 0.717) is 18.1 Å². The van der Waals surface area contributed by atoms with Gasteiger partial charge in [0.15, 0.2) is 0 Å². The van der Waals surface area contributed by atoms with Crippen molar-refractivity contribution in [1.82, 2.24) is 5.32 Å². The van der Waals surface area contributed by atoms with E-state index < -0.39 is 0 Å². The van der Waals surface area contributed by atoms with Crippen LogP contribution in [-0.2, 0) is 24.0 Å². The number of hydrogen-bond donors (Lipinski definition) is 1. The van der Waals surface area contributed by atoms with E-state index >= 15 is 0 Å². The van der Waals surface area contributed by atoms with Crippen molar-refractivity contribution in [2.75, 3.05) is 13.2 Å². The van der Waals surface area contributed by atoms with E-state index in [2.05, 4.69) is 37.4 Å². The summed E-state index contributed by atoms with van der Waals surface area (Å²) in [5, 5.41) is 3.73. The smallest absolute Gasteiger partial charge is 0.0616 e. The largest absolute Gasteiger partial charge is 0.378 e. The minimum atomic E-state index is 0.448. The molecule has 1 heterocycles. The first-order valence-corrected chi connectivity index (χ1v) is 8.77. The van der Waals surface area contributed by atoms with Gasteiger partial charge in [-0.3, -0.25) is 0 Å². The van der Waals surface area contributed by atoms with Crippen LogP contribution in [0.4, 0.5) is 0 Å². The average Bonchev–Trinajstić information content (AvgIpc) is 3.14. The van der Waals surface area contributed by atoms with Gasteiger partial charge in [0.05, 0.1) is 6.10 Å². The van der Waals surface area contributed by atoms with Gasteiger partial charge in [0.2, 0.25) is 0 Å². The zero-order valence-electron chi connectivity index (χ0n) is 13.5. The second-order valence-corrected chi connectivity index (χ2v) is 6.59. The number of aryl methyl sites for hydroxylation is 2. The summed E-state index contributed by atoms with van der Waals surface area (Å²) in [7, 11) is 0. The Labute approximate surface area is 129 Å². The fourth-order valence-electron chi connectivity index (χ4n) is 4.19. The van der Waals surface area contributed by atoms with Crippen LogP contribution in [0.1, 0.15) is 49.8 Å². The highest BCUT2D eigenvalue weighted by atomic mass is 16.5. The maximum absolute atomic E-state index is 5.91. The third-order valence-corrected chi connectivity index (χ3v) is 5.26. The summed E-state index contributed by atoms with van der Waals surface area (Å²) in [6.07, 6.45) is 7.83. The molecule has 1 aromatic carbocycles. The van der Waals surface area contributed by atoms with Gasteiger partial charge >= 0.3 is 0 Å². The number of benzene rings is 1. The van der Waals surface area contributed by atoms with E-state index in [-0.39, 0.29) is 0 Å². The van der Waals surface area contributed by atoms with Gasteiger partial charge in [-0.1, -0.05) is 32.0 Å². The molecule has 0 radical (unpaired) electrons. The molecule has 3 atom stereocenters. The number of nitrogens with one attached hydrogen (secondary N) is 1. The molecule has 0 amide bonds. The molecular formula is C19H29NO. The molecule has 1 fully saturated rings. The predicted molar refractivity (Wildman–Crippen MR) is 87.8 cm³/mol. The van der Waals surface area contributed by atoms with Gasteiger partial charge in [0.25, 0.3) is 0 Å². The Morgan fingerprint density at radius 1 is 1.24 bits per heavy atom. The molecule has 1 aliphatic heterocycles. The molecule has 3 rings (SSSR count). The van der Waals surface area contributed by atoms with E-state index in [1.165, 1.54) is 31.2 Å². The second-order valence-electron chi connectivity index (χ2n) is 6.59. The molecule has 21 heavy (non-hydrogen) atoms. The Morgan fingerprint density at radius 3 is 2.90 bits per heavy atom. The highest BCUT2D eigenvalue weighted by Crippen LogP contribution is 2.29. The zero-order valence-corrected chi connectivity index (χ0v) is 13.5. The summed E-state index contributed by atoms with van der Waals surface area (Å²) in [6, 6.07) is 7.74.